The summed E-state index contributed by atoms with van der Waals surface area (Å²) < 4.78 is 36.5. The first-order valence-electron chi connectivity index (χ1n) is 6.09. The highest BCUT2D eigenvalue weighted by Gasteiger charge is 2.34. The number of hydrogen-bond acceptors (Lipinski definition) is 2. The van der Waals surface area contributed by atoms with Crippen molar-refractivity contribution in [3.63, 3.8) is 0 Å². The topological polar surface area (TPSA) is 15.3 Å². The molecule has 1 aliphatic heterocycles. The highest BCUT2D eigenvalue weighted by molar-refractivity contribution is 4.88. The van der Waals surface area contributed by atoms with Crippen LogP contribution in [0.5, 0.6) is 0 Å². The first-order valence-corrected chi connectivity index (χ1v) is 6.09. The van der Waals surface area contributed by atoms with E-state index in [4.69, 9.17) is 0 Å². The van der Waals surface area contributed by atoms with Crippen LogP contribution in [-0.2, 0) is 0 Å². The predicted octanol–water partition coefficient (Wildman–Crippen LogP) is 2.16. The lowest BCUT2D eigenvalue weighted by molar-refractivity contribution is -0.138. The highest BCUT2D eigenvalue weighted by atomic mass is 19.4. The molecule has 0 aromatic carbocycles. The van der Waals surface area contributed by atoms with Crippen molar-refractivity contribution in [3.05, 3.63) is 0 Å². The lowest BCUT2D eigenvalue weighted by Crippen LogP contribution is -2.40. The second kappa shape index (κ2) is 4.92. The Labute approximate surface area is 94.2 Å². The van der Waals surface area contributed by atoms with Crippen LogP contribution in [0.3, 0.4) is 0 Å². The summed E-state index contributed by atoms with van der Waals surface area (Å²) in [6, 6.07) is 0.832. The molecule has 94 valence electrons. The van der Waals surface area contributed by atoms with Crippen molar-refractivity contribution in [1.29, 1.82) is 0 Å². The molecule has 0 amide bonds. The van der Waals surface area contributed by atoms with Gasteiger partial charge in [0.25, 0.3) is 0 Å². The smallest absolute Gasteiger partial charge is 0.313 e. The van der Waals surface area contributed by atoms with Gasteiger partial charge in [0.15, 0.2) is 0 Å². The Morgan fingerprint density at radius 2 is 1.94 bits per heavy atom. The number of halogens is 3. The van der Waals surface area contributed by atoms with Gasteiger partial charge in [0.1, 0.15) is 0 Å². The fraction of sp³-hybridized carbons (Fsp3) is 1.00. The van der Waals surface area contributed by atoms with Crippen molar-refractivity contribution in [2.75, 3.05) is 19.6 Å². The zero-order chi connectivity index (χ0) is 11.6. The first kappa shape index (κ1) is 12.2. The maximum absolute atomic E-state index is 12.2. The molecule has 2 nitrogen and oxygen atoms in total. The van der Waals surface area contributed by atoms with E-state index in [1.807, 2.05) is 4.90 Å². The zero-order valence-corrected chi connectivity index (χ0v) is 9.39. The van der Waals surface area contributed by atoms with E-state index in [-0.39, 0.29) is 6.54 Å². The van der Waals surface area contributed by atoms with Crippen molar-refractivity contribution in [2.45, 2.75) is 50.4 Å². The minimum atomic E-state index is -4.02. The molecule has 2 fully saturated rings. The number of nitrogens with one attached hydrogen (secondary N) is 1. The Kier molecular flexibility index (Phi) is 3.74. The summed E-state index contributed by atoms with van der Waals surface area (Å²) in [6.45, 7) is 1.98. The standard InChI is InChI=1S/C11H19F3N2/c12-11(13,14)5-7-16(10-3-4-10)8-9-2-1-6-15-9/h9-10,15H,1-8H2. The fourth-order valence-corrected chi connectivity index (χ4v) is 2.33. The number of alkyl halides is 3. The third kappa shape index (κ3) is 3.94. The fourth-order valence-electron chi connectivity index (χ4n) is 2.33. The molecule has 5 heteroatoms. The van der Waals surface area contributed by atoms with Gasteiger partial charge in [0.05, 0.1) is 6.42 Å². The third-order valence-electron chi connectivity index (χ3n) is 3.36. The molecule has 0 aromatic heterocycles. The molecular formula is C11H19F3N2. The van der Waals surface area contributed by atoms with Crippen LogP contribution in [-0.4, -0.2) is 42.8 Å². The maximum Gasteiger partial charge on any atom is 0.390 e. The monoisotopic (exact) mass is 236 g/mol. The summed E-state index contributed by atoms with van der Waals surface area (Å²) in [4.78, 5) is 2.02. The second-order valence-corrected chi connectivity index (χ2v) is 4.88. The first-order chi connectivity index (χ1) is 7.54. The Balaban J connectivity index is 1.75. The van der Waals surface area contributed by atoms with Crippen molar-refractivity contribution < 1.29 is 13.2 Å². The minimum Gasteiger partial charge on any atom is -0.313 e. The van der Waals surface area contributed by atoms with Crippen LogP contribution in [0, 0.1) is 0 Å². The molecular weight excluding hydrogens is 217 g/mol. The summed E-state index contributed by atoms with van der Waals surface area (Å²) >= 11 is 0. The van der Waals surface area contributed by atoms with Crippen molar-refractivity contribution in [2.24, 2.45) is 0 Å². The predicted molar refractivity (Wildman–Crippen MR) is 56.3 cm³/mol. The summed E-state index contributed by atoms with van der Waals surface area (Å²) in [6.07, 6.45) is -0.278. The van der Waals surface area contributed by atoms with Crippen molar-refractivity contribution in [1.82, 2.24) is 10.2 Å². The van der Waals surface area contributed by atoms with Gasteiger partial charge in [-0.3, -0.25) is 4.90 Å². The number of nitrogens with zero attached hydrogens (tertiary/aromatic N) is 1. The van der Waals surface area contributed by atoms with Gasteiger partial charge in [-0.25, -0.2) is 0 Å². The van der Waals surface area contributed by atoms with E-state index in [2.05, 4.69) is 5.32 Å². The van der Waals surface area contributed by atoms with Gasteiger partial charge < -0.3 is 5.32 Å². The normalized spacial score (nSPS) is 26.6. The van der Waals surface area contributed by atoms with Gasteiger partial charge in [-0.05, 0) is 32.2 Å². The van der Waals surface area contributed by atoms with Gasteiger partial charge in [-0.2, -0.15) is 13.2 Å². The summed E-state index contributed by atoms with van der Waals surface area (Å²) in [7, 11) is 0. The Hall–Kier alpha value is -0.290. The van der Waals surface area contributed by atoms with Gasteiger partial charge in [-0.15, -0.1) is 0 Å². The Morgan fingerprint density at radius 3 is 2.44 bits per heavy atom. The molecule has 0 radical (unpaired) electrons. The molecule has 1 aliphatic carbocycles. The molecule has 0 bridgehead atoms. The molecule has 0 aromatic rings. The van der Waals surface area contributed by atoms with Crippen LogP contribution in [0.1, 0.15) is 32.1 Å². The van der Waals surface area contributed by atoms with Crippen LogP contribution in [0.2, 0.25) is 0 Å². The number of hydrogen-bond donors (Lipinski definition) is 1. The molecule has 1 saturated carbocycles. The molecule has 2 rings (SSSR count). The molecule has 1 unspecified atom stereocenters. The van der Waals surface area contributed by atoms with Gasteiger partial charge >= 0.3 is 6.18 Å². The van der Waals surface area contributed by atoms with E-state index in [1.165, 1.54) is 0 Å². The average Bonchev–Trinajstić information content (AvgIpc) is 2.90. The molecule has 1 saturated heterocycles. The van der Waals surface area contributed by atoms with Gasteiger partial charge in [0.2, 0.25) is 0 Å². The summed E-state index contributed by atoms with van der Waals surface area (Å²) in [5.74, 6) is 0. The molecule has 1 N–H and O–H groups in total. The van der Waals surface area contributed by atoms with Crippen LogP contribution >= 0.6 is 0 Å². The van der Waals surface area contributed by atoms with E-state index in [1.54, 1.807) is 0 Å². The quantitative estimate of drug-likeness (QED) is 0.787. The summed E-state index contributed by atoms with van der Waals surface area (Å²) in [5, 5.41) is 3.34. The molecule has 0 spiro atoms. The van der Waals surface area contributed by atoms with Crippen LogP contribution in [0.25, 0.3) is 0 Å². The lowest BCUT2D eigenvalue weighted by Gasteiger charge is -2.25. The Morgan fingerprint density at radius 1 is 1.19 bits per heavy atom. The van der Waals surface area contributed by atoms with E-state index < -0.39 is 12.6 Å². The zero-order valence-electron chi connectivity index (χ0n) is 9.39. The van der Waals surface area contributed by atoms with E-state index in [9.17, 15) is 13.2 Å². The third-order valence-corrected chi connectivity index (χ3v) is 3.36. The second-order valence-electron chi connectivity index (χ2n) is 4.88. The molecule has 16 heavy (non-hydrogen) atoms. The highest BCUT2D eigenvalue weighted by Crippen LogP contribution is 2.29. The van der Waals surface area contributed by atoms with Crippen molar-refractivity contribution >= 4 is 0 Å². The SMILES string of the molecule is FC(F)(F)CCN(CC1CCCN1)C1CC1. The number of rotatable bonds is 5. The van der Waals surface area contributed by atoms with Gasteiger partial charge in [-0.1, -0.05) is 0 Å². The van der Waals surface area contributed by atoms with Gasteiger partial charge in [0, 0.05) is 25.2 Å². The van der Waals surface area contributed by atoms with Crippen LogP contribution in [0.15, 0.2) is 0 Å². The lowest BCUT2D eigenvalue weighted by atomic mass is 10.2. The maximum atomic E-state index is 12.2. The average molecular weight is 236 g/mol. The molecule has 2 aliphatic rings. The van der Waals surface area contributed by atoms with E-state index in [0.717, 1.165) is 38.8 Å². The largest absolute Gasteiger partial charge is 0.390 e. The molecule has 1 atom stereocenters. The van der Waals surface area contributed by atoms with E-state index in [0.29, 0.717) is 12.1 Å². The summed E-state index contributed by atoms with van der Waals surface area (Å²) in [5.41, 5.74) is 0. The van der Waals surface area contributed by atoms with E-state index >= 15 is 0 Å². The molecule has 1 heterocycles. The minimum absolute atomic E-state index is 0.173. The Bertz CT molecular complexity index is 220. The van der Waals surface area contributed by atoms with Crippen LogP contribution in [0.4, 0.5) is 13.2 Å². The van der Waals surface area contributed by atoms with Crippen LogP contribution < -0.4 is 5.32 Å². The van der Waals surface area contributed by atoms with Crippen molar-refractivity contribution in [3.8, 4) is 0 Å².